The number of aromatic nitrogens is 1. The smallest absolute Gasteiger partial charge is 0.414 e. The van der Waals surface area contributed by atoms with E-state index in [-0.39, 0.29) is 23.7 Å². The number of esters is 2. The van der Waals surface area contributed by atoms with Gasteiger partial charge in [0.25, 0.3) is 5.88 Å². The van der Waals surface area contributed by atoms with Crippen LogP contribution in [0, 0.1) is 0 Å². The van der Waals surface area contributed by atoms with E-state index in [0.717, 1.165) is 44.9 Å². The number of hydrogen-bond donors (Lipinski definition) is 1. The Morgan fingerprint density at radius 3 is 2.33 bits per heavy atom. The largest absolute Gasteiger partial charge is 0.491 e. The monoisotopic (exact) mass is 424 g/mol. The summed E-state index contributed by atoms with van der Waals surface area (Å²) in [5.74, 6) is -1.13. The van der Waals surface area contributed by atoms with E-state index in [1.165, 1.54) is 19.4 Å². The fourth-order valence-electron chi connectivity index (χ4n) is 2.40. The molecule has 0 bridgehead atoms. The maximum absolute atomic E-state index is 12.0. The van der Waals surface area contributed by atoms with Gasteiger partial charge in [0.05, 0.1) is 25.9 Å². The molecule has 0 atom stereocenters. The van der Waals surface area contributed by atoms with Crippen LogP contribution in [-0.4, -0.2) is 49.9 Å². The molecule has 168 valence electrons. The zero-order valence-electron chi connectivity index (χ0n) is 18.0. The minimum absolute atomic E-state index is 0.0895. The Bertz CT molecular complexity index is 679. The fourth-order valence-corrected chi connectivity index (χ4v) is 2.40. The first-order valence-corrected chi connectivity index (χ1v) is 10.3. The third-order valence-electron chi connectivity index (χ3n) is 4.08. The predicted molar refractivity (Wildman–Crippen MR) is 110 cm³/mol. The fraction of sp³-hybridized carbons (Fsp3) is 0.619. The van der Waals surface area contributed by atoms with Crippen LogP contribution in [0.15, 0.2) is 12.3 Å². The van der Waals surface area contributed by atoms with Gasteiger partial charge in [0.15, 0.2) is 5.75 Å². The maximum atomic E-state index is 12.0. The number of hydrogen-bond acceptors (Lipinski definition) is 8. The predicted octanol–water partition coefficient (Wildman–Crippen LogP) is 3.65. The summed E-state index contributed by atoms with van der Waals surface area (Å²) in [6, 6.07) is 1.38. The number of ether oxygens (including phenoxy) is 4. The summed E-state index contributed by atoms with van der Waals surface area (Å²) in [5, 5.41) is 2.29. The molecule has 0 aliphatic rings. The standard InChI is InChI=1S/C21H32N2O7/c1-4-6-8-10-11-28-18(24)15-23-21(26)30-19-17(27-3)13-16(14-22-19)20(25)29-12-9-7-5-2/h13-14H,4-12,15H2,1-3H3,(H,23,26). The van der Waals surface area contributed by atoms with Crippen LogP contribution in [0.1, 0.15) is 69.2 Å². The molecule has 1 N–H and O–H groups in total. The van der Waals surface area contributed by atoms with Crippen LogP contribution in [0.25, 0.3) is 0 Å². The molecule has 0 aliphatic heterocycles. The summed E-state index contributed by atoms with van der Waals surface area (Å²) >= 11 is 0. The number of pyridine rings is 1. The van der Waals surface area contributed by atoms with Gasteiger partial charge in [0.1, 0.15) is 6.54 Å². The van der Waals surface area contributed by atoms with Crippen molar-refractivity contribution in [2.75, 3.05) is 26.9 Å². The van der Waals surface area contributed by atoms with E-state index in [2.05, 4.69) is 24.1 Å². The van der Waals surface area contributed by atoms with Crippen molar-refractivity contribution < 1.29 is 33.3 Å². The van der Waals surface area contributed by atoms with Gasteiger partial charge >= 0.3 is 18.0 Å². The first-order chi connectivity index (χ1) is 14.5. The molecule has 1 rings (SSSR count). The Morgan fingerprint density at radius 2 is 1.63 bits per heavy atom. The van der Waals surface area contributed by atoms with Crippen molar-refractivity contribution in [2.24, 2.45) is 0 Å². The molecule has 1 amide bonds. The highest BCUT2D eigenvalue weighted by Gasteiger charge is 2.17. The van der Waals surface area contributed by atoms with Crippen molar-refractivity contribution in [3.8, 4) is 11.6 Å². The summed E-state index contributed by atoms with van der Waals surface area (Å²) in [7, 11) is 1.36. The zero-order chi connectivity index (χ0) is 22.2. The lowest BCUT2D eigenvalue weighted by atomic mass is 10.2. The van der Waals surface area contributed by atoms with Crippen LogP contribution >= 0.6 is 0 Å². The van der Waals surface area contributed by atoms with Crippen molar-refractivity contribution in [2.45, 2.75) is 58.8 Å². The van der Waals surface area contributed by atoms with Gasteiger partial charge in [0, 0.05) is 12.3 Å². The molecule has 0 radical (unpaired) electrons. The van der Waals surface area contributed by atoms with E-state index in [0.29, 0.717) is 13.2 Å². The SMILES string of the molecule is CCCCCCOC(=O)CNC(=O)Oc1ncc(C(=O)OCCCCC)cc1OC. The first kappa shape index (κ1) is 25.2. The van der Waals surface area contributed by atoms with Gasteiger partial charge in [-0.1, -0.05) is 46.0 Å². The second kappa shape index (κ2) is 15.1. The van der Waals surface area contributed by atoms with Gasteiger partial charge in [-0.25, -0.2) is 14.6 Å². The summed E-state index contributed by atoms with van der Waals surface area (Å²) in [6.07, 6.45) is 7.10. The number of carbonyl (C=O) groups is 3. The Balaban J connectivity index is 2.47. The number of amides is 1. The molecule has 1 heterocycles. The van der Waals surface area contributed by atoms with Gasteiger partial charge in [-0.3, -0.25) is 4.79 Å². The molecule has 1 aromatic heterocycles. The molecule has 9 heteroatoms. The average Bonchev–Trinajstić information content (AvgIpc) is 2.75. The molecule has 0 aliphatic carbocycles. The van der Waals surface area contributed by atoms with Crippen LogP contribution in [-0.2, 0) is 14.3 Å². The molecule has 0 saturated carbocycles. The van der Waals surface area contributed by atoms with Crippen LogP contribution in [0.5, 0.6) is 11.6 Å². The number of nitrogens with one attached hydrogen (secondary N) is 1. The molecule has 9 nitrogen and oxygen atoms in total. The summed E-state index contributed by atoms with van der Waals surface area (Å²) in [6.45, 7) is 4.48. The lowest BCUT2D eigenvalue weighted by Gasteiger charge is -2.10. The van der Waals surface area contributed by atoms with Crippen molar-refractivity contribution >= 4 is 18.0 Å². The molecule has 0 saturated heterocycles. The minimum Gasteiger partial charge on any atom is -0.491 e. The van der Waals surface area contributed by atoms with E-state index in [9.17, 15) is 14.4 Å². The number of methoxy groups -OCH3 is 1. The first-order valence-electron chi connectivity index (χ1n) is 10.3. The van der Waals surface area contributed by atoms with Crippen molar-refractivity contribution in [1.29, 1.82) is 0 Å². The highest BCUT2D eigenvalue weighted by atomic mass is 16.6. The van der Waals surface area contributed by atoms with E-state index >= 15 is 0 Å². The molecule has 30 heavy (non-hydrogen) atoms. The highest BCUT2D eigenvalue weighted by Crippen LogP contribution is 2.25. The average molecular weight is 424 g/mol. The van der Waals surface area contributed by atoms with Crippen LogP contribution in [0.2, 0.25) is 0 Å². The van der Waals surface area contributed by atoms with Crippen molar-refractivity contribution in [3.63, 3.8) is 0 Å². The van der Waals surface area contributed by atoms with E-state index in [1.807, 2.05) is 0 Å². The molecule has 1 aromatic rings. The molecule has 0 aromatic carbocycles. The van der Waals surface area contributed by atoms with Crippen molar-refractivity contribution in [1.82, 2.24) is 10.3 Å². The van der Waals surface area contributed by atoms with Crippen LogP contribution < -0.4 is 14.8 Å². The molecule has 0 fully saturated rings. The molecular formula is C21H32N2O7. The topological polar surface area (TPSA) is 113 Å². The van der Waals surface area contributed by atoms with Crippen LogP contribution in [0.3, 0.4) is 0 Å². The number of unbranched alkanes of at least 4 members (excludes halogenated alkanes) is 5. The minimum atomic E-state index is -0.890. The van der Waals surface area contributed by atoms with Gasteiger partial charge in [0.2, 0.25) is 0 Å². The van der Waals surface area contributed by atoms with Crippen molar-refractivity contribution in [3.05, 3.63) is 17.8 Å². The van der Waals surface area contributed by atoms with E-state index in [1.54, 1.807) is 0 Å². The van der Waals surface area contributed by atoms with E-state index in [4.69, 9.17) is 18.9 Å². The third kappa shape index (κ3) is 10.1. The number of nitrogens with zero attached hydrogens (tertiary/aromatic N) is 1. The maximum Gasteiger partial charge on any atom is 0.414 e. The summed E-state index contributed by atoms with van der Waals surface area (Å²) in [4.78, 5) is 39.5. The number of rotatable bonds is 14. The second-order valence-electron chi connectivity index (χ2n) is 6.60. The number of carbonyl (C=O) groups excluding carboxylic acids is 3. The molecule has 0 unspecified atom stereocenters. The normalized spacial score (nSPS) is 10.2. The third-order valence-corrected chi connectivity index (χ3v) is 4.08. The van der Waals surface area contributed by atoms with Gasteiger partial charge in [-0.15, -0.1) is 0 Å². The lowest BCUT2D eigenvalue weighted by Crippen LogP contribution is -2.33. The Labute approximate surface area is 177 Å². The Morgan fingerprint density at radius 1 is 0.967 bits per heavy atom. The van der Waals surface area contributed by atoms with E-state index < -0.39 is 18.0 Å². The summed E-state index contributed by atoms with van der Waals surface area (Å²) in [5.41, 5.74) is 0.183. The zero-order valence-corrected chi connectivity index (χ0v) is 18.0. The van der Waals surface area contributed by atoms with Gasteiger partial charge in [-0.2, -0.15) is 0 Å². The highest BCUT2D eigenvalue weighted by molar-refractivity contribution is 5.89. The van der Waals surface area contributed by atoms with Crippen LogP contribution in [0.4, 0.5) is 4.79 Å². The van der Waals surface area contributed by atoms with Gasteiger partial charge < -0.3 is 24.3 Å². The quantitative estimate of drug-likeness (QED) is 0.356. The summed E-state index contributed by atoms with van der Waals surface area (Å²) < 4.78 is 20.4. The molecule has 0 spiro atoms. The van der Waals surface area contributed by atoms with Gasteiger partial charge in [-0.05, 0) is 12.8 Å². The molecular weight excluding hydrogens is 392 g/mol. The second-order valence-corrected chi connectivity index (χ2v) is 6.60. The Hall–Kier alpha value is -2.84. The lowest BCUT2D eigenvalue weighted by molar-refractivity contribution is -0.142. The Kier molecular flexibility index (Phi) is 12.6.